The number of carbonyl (C=O) groups is 2. The van der Waals surface area contributed by atoms with Gasteiger partial charge in [-0.25, -0.2) is 4.39 Å². The van der Waals surface area contributed by atoms with E-state index in [1.165, 1.54) is 18.3 Å². The summed E-state index contributed by atoms with van der Waals surface area (Å²) in [6.07, 6.45) is 6.87. The summed E-state index contributed by atoms with van der Waals surface area (Å²) in [4.78, 5) is 25.4. The molecule has 1 heterocycles. The smallest absolute Gasteiger partial charge is 0.254 e. The largest absolute Gasteiger partial charge is 0.272 e. The lowest BCUT2D eigenvalue weighted by atomic mass is 9.63. The molecule has 2 saturated carbocycles. The number of benzene rings is 1. The summed E-state index contributed by atoms with van der Waals surface area (Å²) >= 11 is 0. The van der Waals surface area contributed by atoms with E-state index in [-0.39, 0.29) is 41.3 Å². The third-order valence-electron chi connectivity index (χ3n) is 5.83. The molecule has 3 fully saturated rings. The highest BCUT2D eigenvalue weighted by atomic mass is 19.1. The number of hydrazone groups is 1. The van der Waals surface area contributed by atoms with Crippen molar-refractivity contribution in [1.29, 1.82) is 0 Å². The number of halogens is 1. The lowest BCUT2D eigenvalue weighted by Crippen LogP contribution is -2.40. The molecule has 0 unspecified atom stereocenters. The minimum absolute atomic E-state index is 0.178. The Hall–Kier alpha value is -2.30. The first-order chi connectivity index (χ1) is 11.1. The fraction of sp³-hybridized carbons (Fsp3) is 0.389. The van der Waals surface area contributed by atoms with Crippen LogP contribution in [-0.4, -0.2) is 23.0 Å². The SMILES string of the molecule is O=C1[C@@H]2[C@H]3C=C[C@@H]([C@@H]4C[C@H]34)[C@@H]2C(=O)N1N=Cc1ccc(F)cc1. The van der Waals surface area contributed by atoms with Gasteiger partial charge in [-0.05, 0) is 47.8 Å². The molecule has 1 aromatic rings. The second-order valence-corrected chi connectivity index (χ2v) is 6.94. The fourth-order valence-corrected chi connectivity index (χ4v) is 4.73. The van der Waals surface area contributed by atoms with E-state index in [4.69, 9.17) is 0 Å². The van der Waals surface area contributed by atoms with E-state index in [1.54, 1.807) is 12.1 Å². The zero-order valence-corrected chi connectivity index (χ0v) is 12.3. The van der Waals surface area contributed by atoms with Crippen LogP contribution in [0.3, 0.4) is 0 Å². The molecule has 1 saturated heterocycles. The molecule has 0 N–H and O–H groups in total. The molecule has 23 heavy (non-hydrogen) atoms. The maximum atomic E-state index is 12.9. The van der Waals surface area contributed by atoms with E-state index >= 15 is 0 Å². The molecule has 116 valence electrons. The third kappa shape index (κ3) is 1.73. The zero-order valence-electron chi connectivity index (χ0n) is 12.3. The first kappa shape index (κ1) is 13.2. The number of allylic oxidation sites excluding steroid dienone is 2. The molecule has 1 aromatic carbocycles. The predicted octanol–water partition coefficient (Wildman–Crippen LogP) is 2.21. The standard InChI is InChI=1S/C18H15FN2O2/c19-10-3-1-9(2-4-10)8-20-21-17(22)15-11-5-6-12(14-7-13(11)14)16(15)18(21)23/h1-6,8,11-16H,7H2/t11-,12-,13-,14+,15-,16+/m0/s1. The van der Waals surface area contributed by atoms with Gasteiger partial charge in [-0.3, -0.25) is 9.59 Å². The molecular weight excluding hydrogens is 295 g/mol. The summed E-state index contributed by atoms with van der Waals surface area (Å²) in [5, 5.41) is 5.14. The van der Waals surface area contributed by atoms with Gasteiger partial charge in [0, 0.05) is 0 Å². The number of nitrogens with zero attached hydrogens (tertiary/aromatic N) is 2. The normalized spacial score (nSPS) is 40.0. The number of hydrogen-bond acceptors (Lipinski definition) is 3. The number of rotatable bonds is 2. The fourth-order valence-electron chi connectivity index (χ4n) is 4.73. The minimum Gasteiger partial charge on any atom is -0.272 e. The van der Waals surface area contributed by atoms with Crippen molar-refractivity contribution in [1.82, 2.24) is 5.01 Å². The monoisotopic (exact) mass is 310 g/mol. The van der Waals surface area contributed by atoms with Gasteiger partial charge in [-0.2, -0.15) is 10.1 Å². The van der Waals surface area contributed by atoms with Crippen LogP contribution in [0.4, 0.5) is 4.39 Å². The molecule has 2 bridgehead atoms. The Balaban J connectivity index is 1.44. The Labute approximate surface area is 132 Å². The molecule has 6 rings (SSSR count). The molecule has 5 aliphatic rings. The molecule has 0 spiro atoms. The van der Waals surface area contributed by atoms with Crippen LogP contribution >= 0.6 is 0 Å². The van der Waals surface area contributed by atoms with Gasteiger partial charge in [0.25, 0.3) is 11.8 Å². The Bertz CT molecular complexity index is 734. The summed E-state index contributed by atoms with van der Waals surface area (Å²) in [5.41, 5.74) is 0.658. The predicted molar refractivity (Wildman–Crippen MR) is 80.5 cm³/mol. The molecule has 0 radical (unpaired) electrons. The van der Waals surface area contributed by atoms with Crippen molar-refractivity contribution >= 4 is 18.0 Å². The van der Waals surface area contributed by atoms with Crippen LogP contribution in [0.1, 0.15) is 12.0 Å². The third-order valence-corrected chi connectivity index (χ3v) is 5.83. The summed E-state index contributed by atoms with van der Waals surface area (Å²) in [5.74, 6) is 0.440. The lowest BCUT2D eigenvalue weighted by Gasteiger charge is -2.37. The van der Waals surface area contributed by atoms with Gasteiger partial charge >= 0.3 is 0 Å². The second-order valence-electron chi connectivity index (χ2n) is 6.94. The highest BCUT2D eigenvalue weighted by Gasteiger charge is 2.67. The highest BCUT2D eigenvalue weighted by Crippen LogP contribution is 2.65. The van der Waals surface area contributed by atoms with Crippen molar-refractivity contribution in [3.05, 3.63) is 47.8 Å². The molecule has 4 aliphatic carbocycles. The molecule has 4 nitrogen and oxygen atoms in total. The van der Waals surface area contributed by atoms with Crippen molar-refractivity contribution in [3.63, 3.8) is 0 Å². The first-order valence-corrected chi connectivity index (χ1v) is 8.01. The topological polar surface area (TPSA) is 49.7 Å². The summed E-state index contributed by atoms with van der Waals surface area (Å²) in [7, 11) is 0. The van der Waals surface area contributed by atoms with Gasteiger partial charge < -0.3 is 0 Å². The van der Waals surface area contributed by atoms with E-state index < -0.39 is 0 Å². The molecule has 1 aliphatic heterocycles. The van der Waals surface area contributed by atoms with Gasteiger partial charge in [-0.1, -0.05) is 24.3 Å². The van der Waals surface area contributed by atoms with Crippen LogP contribution in [0.2, 0.25) is 0 Å². The van der Waals surface area contributed by atoms with Gasteiger partial charge in [0.2, 0.25) is 0 Å². The Kier molecular flexibility index (Phi) is 2.50. The minimum atomic E-state index is -0.330. The quantitative estimate of drug-likeness (QED) is 0.478. The zero-order chi connectivity index (χ0) is 15.7. The Morgan fingerprint density at radius 3 is 2.13 bits per heavy atom. The average Bonchev–Trinajstić information content (AvgIpc) is 3.33. The second kappa shape index (κ2) is 4.37. The van der Waals surface area contributed by atoms with Crippen LogP contribution in [-0.2, 0) is 9.59 Å². The lowest BCUT2D eigenvalue weighted by molar-refractivity contribution is -0.140. The van der Waals surface area contributed by atoms with Crippen molar-refractivity contribution in [2.24, 2.45) is 40.6 Å². The molecule has 2 amide bonds. The Morgan fingerprint density at radius 1 is 1.00 bits per heavy atom. The van der Waals surface area contributed by atoms with Crippen molar-refractivity contribution in [2.75, 3.05) is 0 Å². The number of carbonyl (C=O) groups excluding carboxylic acids is 2. The van der Waals surface area contributed by atoms with Crippen molar-refractivity contribution in [2.45, 2.75) is 6.42 Å². The maximum Gasteiger partial charge on any atom is 0.254 e. The molecular formula is C18H15FN2O2. The number of hydrogen-bond donors (Lipinski definition) is 0. The van der Waals surface area contributed by atoms with Crippen LogP contribution in [0.25, 0.3) is 0 Å². The van der Waals surface area contributed by atoms with E-state index in [9.17, 15) is 14.0 Å². The molecule has 5 heteroatoms. The van der Waals surface area contributed by atoms with Gasteiger partial charge in [0.1, 0.15) is 5.82 Å². The van der Waals surface area contributed by atoms with Gasteiger partial charge in [0.05, 0.1) is 18.1 Å². The average molecular weight is 310 g/mol. The summed E-state index contributed by atoms with van der Waals surface area (Å²) < 4.78 is 12.9. The van der Waals surface area contributed by atoms with Crippen molar-refractivity contribution in [3.8, 4) is 0 Å². The van der Waals surface area contributed by atoms with Gasteiger partial charge in [0.15, 0.2) is 0 Å². The molecule has 6 atom stereocenters. The van der Waals surface area contributed by atoms with E-state index in [0.717, 1.165) is 11.4 Å². The van der Waals surface area contributed by atoms with E-state index in [1.807, 2.05) is 0 Å². The first-order valence-electron chi connectivity index (χ1n) is 8.01. The van der Waals surface area contributed by atoms with E-state index in [2.05, 4.69) is 17.3 Å². The Morgan fingerprint density at radius 2 is 1.57 bits per heavy atom. The van der Waals surface area contributed by atoms with Crippen LogP contribution in [0.5, 0.6) is 0 Å². The summed E-state index contributed by atoms with van der Waals surface area (Å²) in [6.45, 7) is 0. The van der Waals surface area contributed by atoms with Crippen LogP contribution in [0, 0.1) is 41.3 Å². The van der Waals surface area contributed by atoms with Gasteiger partial charge in [-0.15, -0.1) is 0 Å². The van der Waals surface area contributed by atoms with Crippen LogP contribution < -0.4 is 0 Å². The highest BCUT2D eigenvalue weighted by molar-refractivity contribution is 6.06. The summed E-state index contributed by atoms with van der Waals surface area (Å²) in [6, 6.07) is 5.79. The van der Waals surface area contributed by atoms with Crippen LogP contribution in [0.15, 0.2) is 41.5 Å². The number of imide groups is 1. The van der Waals surface area contributed by atoms with E-state index in [0.29, 0.717) is 17.4 Å². The van der Waals surface area contributed by atoms with Crippen molar-refractivity contribution < 1.29 is 14.0 Å². The number of amides is 2. The molecule has 0 aromatic heterocycles. The maximum absolute atomic E-state index is 12.9.